The van der Waals surface area contributed by atoms with Crippen LogP contribution in [0, 0.1) is 0 Å². The van der Waals surface area contributed by atoms with Gasteiger partial charge < -0.3 is 19.7 Å². The molecule has 31 heavy (non-hydrogen) atoms. The number of nitrogens with one attached hydrogen (secondary N) is 1. The Labute approximate surface area is 176 Å². The Morgan fingerprint density at radius 1 is 1.10 bits per heavy atom. The zero-order valence-corrected chi connectivity index (χ0v) is 16.7. The molecule has 6 nitrogen and oxygen atoms in total. The first-order valence-corrected chi connectivity index (χ1v) is 9.65. The van der Waals surface area contributed by atoms with Crippen molar-refractivity contribution in [1.82, 2.24) is 4.98 Å². The monoisotopic (exact) mass is 431 g/mol. The van der Waals surface area contributed by atoms with Crippen molar-refractivity contribution in [2.45, 2.75) is 6.18 Å². The van der Waals surface area contributed by atoms with E-state index in [1.165, 1.54) is 12.1 Å². The number of methoxy groups -OCH3 is 1. The van der Waals surface area contributed by atoms with Crippen LogP contribution in [0.2, 0.25) is 0 Å². The molecule has 4 rings (SSSR count). The van der Waals surface area contributed by atoms with E-state index in [0.29, 0.717) is 43.3 Å². The van der Waals surface area contributed by atoms with E-state index >= 15 is 0 Å². The van der Waals surface area contributed by atoms with E-state index < -0.39 is 17.6 Å². The number of carbonyl (C=O) groups excluding carboxylic acids is 1. The molecular weight excluding hydrogens is 411 g/mol. The highest BCUT2D eigenvalue weighted by atomic mass is 19.4. The second-order valence-electron chi connectivity index (χ2n) is 7.04. The van der Waals surface area contributed by atoms with Crippen LogP contribution in [0.3, 0.4) is 0 Å². The summed E-state index contributed by atoms with van der Waals surface area (Å²) >= 11 is 0. The van der Waals surface area contributed by atoms with E-state index in [1.54, 1.807) is 31.4 Å². The van der Waals surface area contributed by atoms with Gasteiger partial charge >= 0.3 is 6.18 Å². The number of alkyl halides is 3. The molecule has 0 bridgehead atoms. The number of benzene rings is 2. The third-order valence-corrected chi connectivity index (χ3v) is 5.05. The largest absolute Gasteiger partial charge is 0.497 e. The summed E-state index contributed by atoms with van der Waals surface area (Å²) in [6.45, 7) is 1.96. The molecule has 0 aliphatic carbocycles. The molecule has 1 N–H and O–H groups in total. The van der Waals surface area contributed by atoms with Crippen molar-refractivity contribution in [2.24, 2.45) is 0 Å². The number of carbonyl (C=O) groups is 1. The highest BCUT2D eigenvalue weighted by Gasteiger charge is 2.32. The first-order valence-electron chi connectivity index (χ1n) is 9.65. The first kappa shape index (κ1) is 20.9. The summed E-state index contributed by atoms with van der Waals surface area (Å²) in [4.78, 5) is 19.1. The van der Waals surface area contributed by atoms with Crippen LogP contribution in [0.5, 0.6) is 5.75 Å². The van der Waals surface area contributed by atoms with Crippen molar-refractivity contribution >= 4 is 28.2 Å². The van der Waals surface area contributed by atoms with Crippen LogP contribution in [-0.2, 0) is 10.9 Å². The molecule has 1 aromatic heterocycles. The van der Waals surface area contributed by atoms with Crippen molar-refractivity contribution in [3.63, 3.8) is 0 Å². The van der Waals surface area contributed by atoms with Crippen molar-refractivity contribution < 1.29 is 27.4 Å². The molecule has 2 heterocycles. The Bertz CT molecular complexity index is 1110. The van der Waals surface area contributed by atoms with Crippen LogP contribution in [0.1, 0.15) is 16.1 Å². The quantitative estimate of drug-likeness (QED) is 0.666. The minimum Gasteiger partial charge on any atom is -0.497 e. The number of hydrogen-bond acceptors (Lipinski definition) is 5. The number of rotatable bonds is 4. The highest BCUT2D eigenvalue weighted by molar-refractivity contribution is 6.05. The van der Waals surface area contributed by atoms with Crippen molar-refractivity contribution in [3.05, 3.63) is 59.8 Å². The standard InChI is InChI=1S/C22H20F3N3O3/c1-30-16-4-6-17-14(12-16)2-5-18(26-17)21(29)27-19-13-15(22(23,24)25)3-7-20(19)28-8-10-31-11-9-28/h2-7,12-13H,8-11H2,1H3,(H,27,29). The lowest BCUT2D eigenvalue weighted by atomic mass is 10.1. The third-order valence-electron chi connectivity index (χ3n) is 5.05. The second kappa shape index (κ2) is 8.43. The normalized spacial score (nSPS) is 14.5. The van der Waals surface area contributed by atoms with Gasteiger partial charge in [-0.05, 0) is 42.5 Å². The Hall–Kier alpha value is -3.33. The zero-order chi connectivity index (χ0) is 22.0. The van der Waals surface area contributed by atoms with Gasteiger partial charge in [0.25, 0.3) is 5.91 Å². The van der Waals surface area contributed by atoms with E-state index in [2.05, 4.69) is 10.3 Å². The molecule has 0 atom stereocenters. The lowest BCUT2D eigenvalue weighted by Crippen LogP contribution is -2.37. The lowest BCUT2D eigenvalue weighted by molar-refractivity contribution is -0.137. The molecule has 1 fully saturated rings. The molecule has 0 unspecified atom stereocenters. The summed E-state index contributed by atoms with van der Waals surface area (Å²) in [6, 6.07) is 11.8. The summed E-state index contributed by atoms with van der Waals surface area (Å²) in [5.74, 6) is 0.0668. The number of pyridine rings is 1. The number of nitrogens with zero attached hydrogens (tertiary/aromatic N) is 2. The van der Waals surface area contributed by atoms with E-state index in [9.17, 15) is 18.0 Å². The summed E-state index contributed by atoms with van der Waals surface area (Å²) in [6.07, 6.45) is -4.52. The smallest absolute Gasteiger partial charge is 0.416 e. The topological polar surface area (TPSA) is 63.7 Å². The third kappa shape index (κ3) is 4.56. The summed E-state index contributed by atoms with van der Waals surface area (Å²) in [5, 5.41) is 3.40. The molecule has 2 aromatic carbocycles. The average molecular weight is 431 g/mol. The van der Waals surface area contributed by atoms with Gasteiger partial charge in [-0.3, -0.25) is 4.79 Å². The number of halogens is 3. The molecule has 3 aromatic rings. The molecule has 1 saturated heterocycles. The van der Waals surface area contributed by atoms with Crippen molar-refractivity contribution in [1.29, 1.82) is 0 Å². The van der Waals surface area contributed by atoms with Gasteiger partial charge in [0.2, 0.25) is 0 Å². The van der Waals surface area contributed by atoms with Crippen LogP contribution < -0.4 is 15.0 Å². The van der Waals surface area contributed by atoms with Gasteiger partial charge in [-0.2, -0.15) is 13.2 Å². The predicted molar refractivity (Wildman–Crippen MR) is 111 cm³/mol. The van der Waals surface area contributed by atoms with E-state index in [-0.39, 0.29) is 11.4 Å². The second-order valence-corrected chi connectivity index (χ2v) is 7.04. The molecule has 0 spiro atoms. The Morgan fingerprint density at radius 3 is 2.58 bits per heavy atom. The molecule has 1 amide bonds. The Balaban J connectivity index is 1.66. The fourth-order valence-corrected chi connectivity index (χ4v) is 3.44. The average Bonchev–Trinajstić information content (AvgIpc) is 2.78. The van der Waals surface area contributed by atoms with Gasteiger partial charge in [-0.1, -0.05) is 6.07 Å². The van der Waals surface area contributed by atoms with Crippen LogP contribution in [-0.4, -0.2) is 44.3 Å². The zero-order valence-electron chi connectivity index (χ0n) is 16.7. The fourth-order valence-electron chi connectivity index (χ4n) is 3.44. The van der Waals surface area contributed by atoms with Crippen molar-refractivity contribution in [2.75, 3.05) is 43.6 Å². The van der Waals surface area contributed by atoms with Crippen LogP contribution >= 0.6 is 0 Å². The number of fused-ring (bicyclic) bond motifs is 1. The van der Waals surface area contributed by atoms with Gasteiger partial charge in [-0.15, -0.1) is 0 Å². The summed E-state index contributed by atoms with van der Waals surface area (Å²) in [5.41, 5.74) is 0.431. The predicted octanol–water partition coefficient (Wildman–Crippen LogP) is 4.35. The van der Waals surface area contributed by atoms with Gasteiger partial charge in [0.05, 0.1) is 42.8 Å². The van der Waals surface area contributed by atoms with Crippen LogP contribution in [0.15, 0.2) is 48.5 Å². The van der Waals surface area contributed by atoms with Gasteiger partial charge in [0, 0.05) is 18.5 Å². The maximum absolute atomic E-state index is 13.3. The number of hydrogen-bond donors (Lipinski definition) is 1. The molecule has 0 radical (unpaired) electrons. The van der Waals surface area contributed by atoms with Gasteiger partial charge in [-0.25, -0.2) is 4.98 Å². The molecule has 9 heteroatoms. The number of morpholine rings is 1. The maximum Gasteiger partial charge on any atom is 0.416 e. The highest BCUT2D eigenvalue weighted by Crippen LogP contribution is 2.36. The minimum absolute atomic E-state index is 0.0818. The van der Waals surface area contributed by atoms with E-state index in [1.807, 2.05) is 4.90 Å². The molecule has 1 aliphatic rings. The molecule has 162 valence electrons. The molecular formula is C22H20F3N3O3. The van der Waals surface area contributed by atoms with E-state index in [4.69, 9.17) is 9.47 Å². The SMILES string of the molecule is COc1ccc2nc(C(=O)Nc3cc(C(F)(F)F)ccc3N3CCOCC3)ccc2c1. The fraction of sp³-hybridized carbons (Fsp3) is 0.273. The summed E-state index contributed by atoms with van der Waals surface area (Å²) in [7, 11) is 1.55. The first-order chi connectivity index (χ1) is 14.8. The number of aromatic nitrogens is 1. The van der Waals surface area contributed by atoms with E-state index in [0.717, 1.165) is 17.5 Å². The molecule has 1 aliphatic heterocycles. The molecule has 0 saturated carbocycles. The summed E-state index contributed by atoms with van der Waals surface area (Å²) < 4.78 is 50.3. The number of ether oxygens (including phenoxy) is 2. The van der Waals surface area contributed by atoms with Crippen molar-refractivity contribution in [3.8, 4) is 5.75 Å². The number of anilines is 2. The van der Waals surface area contributed by atoms with Crippen LogP contribution in [0.4, 0.5) is 24.5 Å². The lowest BCUT2D eigenvalue weighted by Gasteiger charge is -2.31. The van der Waals surface area contributed by atoms with Crippen LogP contribution in [0.25, 0.3) is 10.9 Å². The Kier molecular flexibility index (Phi) is 5.69. The maximum atomic E-state index is 13.3. The van der Waals surface area contributed by atoms with Gasteiger partial charge in [0.1, 0.15) is 11.4 Å². The Morgan fingerprint density at radius 2 is 1.87 bits per heavy atom. The van der Waals surface area contributed by atoms with Gasteiger partial charge in [0.15, 0.2) is 0 Å². The number of amides is 1. The minimum atomic E-state index is -4.52.